The predicted molar refractivity (Wildman–Crippen MR) is 129 cm³/mol. The fourth-order valence-electron chi connectivity index (χ4n) is 4.44. The highest BCUT2D eigenvalue weighted by molar-refractivity contribution is 5.86. The van der Waals surface area contributed by atoms with Crippen molar-refractivity contribution in [3.8, 4) is 11.1 Å². The Hall–Kier alpha value is -4.14. The number of hydrogen-bond acceptors (Lipinski definition) is 5. The minimum atomic E-state index is -0.920. The van der Waals surface area contributed by atoms with Crippen LogP contribution in [0.4, 0.5) is 4.79 Å². The molecule has 1 aromatic heterocycles. The number of aromatic nitrogens is 2. The molecule has 4 rings (SSSR count). The molecule has 0 spiro atoms. The SMILES string of the molecule is CN(CCCC(=O)O)C(=O)[C@H](Cc1cnc[nH]1)NC(=O)OCC1c2ccccc2-c2ccccc21. The third kappa shape index (κ3) is 5.68. The molecule has 3 aromatic rings. The molecule has 1 aliphatic rings. The number of rotatable bonds is 10. The lowest BCUT2D eigenvalue weighted by Crippen LogP contribution is -2.49. The van der Waals surface area contributed by atoms with Crippen molar-refractivity contribution >= 4 is 18.0 Å². The molecule has 0 aliphatic heterocycles. The van der Waals surface area contributed by atoms with Crippen molar-refractivity contribution in [2.24, 2.45) is 0 Å². The Morgan fingerprint density at radius 1 is 1.11 bits per heavy atom. The van der Waals surface area contributed by atoms with Crippen LogP contribution in [0.25, 0.3) is 11.1 Å². The largest absolute Gasteiger partial charge is 0.481 e. The zero-order valence-electron chi connectivity index (χ0n) is 19.4. The van der Waals surface area contributed by atoms with Crippen molar-refractivity contribution in [1.82, 2.24) is 20.2 Å². The van der Waals surface area contributed by atoms with Gasteiger partial charge in [0.25, 0.3) is 0 Å². The molecule has 0 unspecified atom stereocenters. The third-order valence-corrected chi connectivity index (χ3v) is 6.17. The smallest absolute Gasteiger partial charge is 0.407 e. The van der Waals surface area contributed by atoms with Gasteiger partial charge in [0.2, 0.25) is 5.91 Å². The summed E-state index contributed by atoms with van der Waals surface area (Å²) in [7, 11) is 1.59. The summed E-state index contributed by atoms with van der Waals surface area (Å²) in [5.74, 6) is -1.34. The van der Waals surface area contributed by atoms with Gasteiger partial charge in [-0.15, -0.1) is 0 Å². The Balaban J connectivity index is 1.41. The van der Waals surface area contributed by atoms with Crippen molar-refractivity contribution in [2.45, 2.75) is 31.2 Å². The molecule has 0 saturated heterocycles. The van der Waals surface area contributed by atoms with Crippen LogP contribution >= 0.6 is 0 Å². The van der Waals surface area contributed by atoms with Crippen molar-refractivity contribution < 1.29 is 24.2 Å². The number of carboxylic acids is 1. The van der Waals surface area contributed by atoms with Crippen LogP contribution in [0.3, 0.4) is 0 Å². The quantitative estimate of drug-likeness (QED) is 0.413. The molecule has 3 N–H and O–H groups in total. The summed E-state index contributed by atoms with van der Waals surface area (Å²) >= 11 is 0. The second kappa shape index (κ2) is 10.9. The van der Waals surface area contributed by atoms with Crippen LogP contribution in [0.2, 0.25) is 0 Å². The number of carbonyl (C=O) groups excluding carboxylic acids is 2. The molecule has 1 atom stereocenters. The number of aromatic amines is 1. The summed E-state index contributed by atoms with van der Waals surface area (Å²) in [5, 5.41) is 11.5. The fraction of sp³-hybridized carbons (Fsp3) is 0.308. The highest BCUT2D eigenvalue weighted by atomic mass is 16.5. The molecular weight excluding hydrogens is 448 g/mol. The van der Waals surface area contributed by atoms with Gasteiger partial charge >= 0.3 is 12.1 Å². The maximum Gasteiger partial charge on any atom is 0.407 e. The van der Waals surface area contributed by atoms with Gasteiger partial charge in [0.15, 0.2) is 0 Å². The van der Waals surface area contributed by atoms with E-state index in [-0.39, 0.29) is 37.8 Å². The number of benzene rings is 2. The number of nitrogens with one attached hydrogen (secondary N) is 2. The van der Waals surface area contributed by atoms with Crippen LogP contribution in [-0.2, 0) is 20.7 Å². The van der Waals surface area contributed by atoms with Crippen molar-refractivity contribution in [1.29, 1.82) is 0 Å². The number of H-pyrrole nitrogens is 1. The minimum absolute atomic E-state index is 0.0390. The van der Waals surface area contributed by atoms with Gasteiger partial charge < -0.3 is 25.0 Å². The highest BCUT2D eigenvalue weighted by Crippen LogP contribution is 2.44. The van der Waals surface area contributed by atoms with E-state index in [1.54, 1.807) is 13.2 Å². The number of fused-ring (bicyclic) bond motifs is 3. The van der Waals surface area contributed by atoms with E-state index >= 15 is 0 Å². The van der Waals surface area contributed by atoms with Gasteiger partial charge in [-0.05, 0) is 28.7 Å². The number of carbonyl (C=O) groups is 3. The van der Waals surface area contributed by atoms with Gasteiger partial charge in [0.05, 0.1) is 6.33 Å². The zero-order valence-corrected chi connectivity index (χ0v) is 19.4. The summed E-state index contributed by atoms with van der Waals surface area (Å²) < 4.78 is 5.61. The van der Waals surface area contributed by atoms with E-state index < -0.39 is 18.1 Å². The molecule has 9 heteroatoms. The van der Waals surface area contributed by atoms with Gasteiger partial charge in [-0.1, -0.05) is 48.5 Å². The molecule has 0 radical (unpaired) electrons. The molecular formula is C26H28N4O5. The fourth-order valence-corrected chi connectivity index (χ4v) is 4.44. The van der Waals surface area contributed by atoms with Gasteiger partial charge in [-0.25, -0.2) is 9.78 Å². The maximum atomic E-state index is 13.0. The summed E-state index contributed by atoms with van der Waals surface area (Å²) in [6, 6.07) is 15.2. The van der Waals surface area contributed by atoms with E-state index in [1.807, 2.05) is 36.4 Å². The maximum absolute atomic E-state index is 13.0. The van der Waals surface area contributed by atoms with E-state index in [2.05, 4.69) is 27.4 Å². The van der Waals surface area contributed by atoms with E-state index in [0.717, 1.165) is 22.3 Å². The first kappa shape index (κ1) is 24.0. The average Bonchev–Trinajstić information content (AvgIpc) is 3.47. The van der Waals surface area contributed by atoms with E-state index in [9.17, 15) is 14.4 Å². The number of ether oxygens (including phenoxy) is 1. The standard InChI is InChI=1S/C26H28N4O5/c1-30(12-6-11-24(31)32)25(33)23(13-17-14-27-16-28-17)29-26(34)35-15-22-20-9-4-2-7-18(20)19-8-3-5-10-21(19)22/h2-5,7-10,14,16,22-23H,6,11-13,15H2,1H3,(H,27,28)(H,29,34)(H,31,32)/t23-/m0/s1. The Kier molecular flexibility index (Phi) is 7.45. The normalized spacial score (nSPS) is 12.9. The lowest BCUT2D eigenvalue weighted by molar-refractivity contribution is -0.138. The number of amides is 2. The number of aliphatic carboxylic acids is 1. The van der Waals surface area contributed by atoms with E-state index in [1.165, 1.54) is 11.2 Å². The molecule has 0 fully saturated rings. The molecule has 2 aromatic carbocycles. The molecule has 0 saturated carbocycles. The van der Waals surface area contributed by atoms with Crippen LogP contribution in [0.5, 0.6) is 0 Å². The first-order valence-corrected chi connectivity index (χ1v) is 11.5. The van der Waals surface area contributed by atoms with Crippen LogP contribution < -0.4 is 5.32 Å². The van der Waals surface area contributed by atoms with Gasteiger partial charge in [0.1, 0.15) is 12.6 Å². The van der Waals surface area contributed by atoms with E-state index in [4.69, 9.17) is 9.84 Å². The molecule has 9 nitrogen and oxygen atoms in total. The number of imidazole rings is 1. The first-order valence-electron chi connectivity index (χ1n) is 11.5. The number of alkyl carbamates (subject to hydrolysis) is 1. The Morgan fingerprint density at radius 3 is 2.37 bits per heavy atom. The molecule has 2 amide bonds. The van der Waals surface area contributed by atoms with Crippen molar-refractivity contribution in [3.63, 3.8) is 0 Å². The summed E-state index contributed by atoms with van der Waals surface area (Å²) in [6.07, 6.45) is 2.88. The molecule has 182 valence electrons. The van der Waals surface area contributed by atoms with E-state index in [0.29, 0.717) is 12.1 Å². The van der Waals surface area contributed by atoms with Gasteiger partial charge in [-0.2, -0.15) is 0 Å². The van der Waals surface area contributed by atoms with Crippen molar-refractivity contribution in [3.05, 3.63) is 77.9 Å². The number of hydrogen-bond donors (Lipinski definition) is 3. The third-order valence-electron chi connectivity index (χ3n) is 6.17. The Labute approximate surface area is 203 Å². The predicted octanol–water partition coefficient (Wildman–Crippen LogP) is 3.18. The second-order valence-electron chi connectivity index (χ2n) is 8.56. The molecule has 1 heterocycles. The summed E-state index contributed by atoms with van der Waals surface area (Å²) in [5.41, 5.74) is 5.15. The first-order chi connectivity index (χ1) is 16.9. The lowest BCUT2D eigenvalue weighted by Gasteiger charge is -2.24. The number of carboxylic acid groups (broad SMARTS) is 1. The molecule has 1 aliphatic carbocycles. The minimum Gasteiger partial charge on any atom is -0.481 e. The van der Waals surface area contributed by atoms with Crippen LogP contribution in [0, 0.1) is 0 Å². The number of nitrogens with zero attached hydrogens (tertiary/aromatic N) is 2. The monoisotopic (exact) mass is 476 g/mol. The average molecular weight is 477 g/mol. The van der Waals surface area contributed by atoms with Gasteiger partial charge in [-0.3, -0.25) is 9.59 Å². The Morgan fingerprint density at radius 2 is 1.77 bits per heavy atom. The summed E-state index contributed by atoms with van der Waals surface area (Å²) in [4.78, 5) is 44.9. The topological polar surface area (TPSA) is 125 Å². The molecule has 0 bridgehead atoms. The molecule has 35 heavy (non-hydrogen) atoms. The van der Waals surface area contributed by atoms with Crippen LogP contribution in [0.1, 0.15) is 35.6 Å². The summed E-state index contributed by atoms with van der Waals surface area (Å²) in [6.45, 7) is 0.399. The van der Waals surface area contributed by atoms with Crippen molar-refractivity contribution in [2.75, 3.05) is 20.2 Å². The Bertz CT molecular complexity index is 1150. The highest BCUT2D eigenvalue weighted by Gasteiger charge is 2.30. The van der Waals surface area contributed by atoms with Crippen LogP contribution in [-0.4, -0.2) is 64.2 Å². The lowest BCUT2D eigenvalue weighted by atomic mass is 9.98. The van der Waals surface area contributed by atoms with Crippen LogP contribution in [0.15, 0.2) is 61.1 Å². The second-order valence-corrected chi connectivity index (χ2v) is 8.56. The zero-order chi connectivity index (χ0) is 24.8. The van der Waals surface area contributed by atoms with Gasteiger partial charge in [0, 0.05) is 44.2 Å². The number of likely N-dealkylation sites (N-methyl/N-ethyl adjacent to an activating group) is 1.